The molecule has 3 aliphatic carbocycles. The van der Waals surface area contributed by atoms with Gasteiger partial charge in [0.25, 0.3) is 0 Å². The number of halogens is 1. The lowest BCUT2D eigenvalue weighted by atomic mass is 9.64. The number of benzene rings is 1. The van der Waals surface area contributed by atoms with Crippen molar-refractivity contribution in [1.82, 2.24) is 0 Å². The topological polar surface area (TPSA) is 0 Å². The van der Waals surface area contributed by atoms with Crippen LogP contribution in [0.25, 0.3) is 0 Å². The fourth-order valence-electron chi connectivity index (χ4n) is 6.01. The van der Waals surface area contributed by atoms with Gasteiger partial charge in [0.15, 0.2) is 0 Å². The van der Waals surface area contributed by atoms with Crippen molar-refractivity contribution in [3.63, 3.8) is 0 Å². The molecule has 0 heterocycles. The Labute approximate surface area is 118 Å². The molecule has 0 aromatic heterocycles. The van der Waals surface area contributed by atoms with E-state index in [1.54, 1.807) is 5.56 Å². The Morgan fingerprint density at radius 1 is 1.06 bits per heavy atom. The molecule has 4 rings (SSSR count). The predicted molar refractivity (Wildman–Crippen MR) is 78.6 cm³/mol. The van der Waals surface area contributed by atoms with Crippen molar-refractivity contribution in [3.8, 4) is 0 Å². The summed E-state index contributed by atoms with van der Waals surface area (Å²) in [4.78, 5) is 0. The summed E-state index contributed by atoms with van der Waals surface area (Å²) in [6.45, 7) is 5.14. The normalized spacial score (nSPS) is 43.6. The first-order valence-electron chi connectivity index (χ1n) is 7.31. The molecule has 3 saturated carbocycles. The molecule has 18 heavy (non-hydrogen) atoms. The van der Waals surface area contributed by atoms with Crippen LogP contribution >= 0.6 is 15.9 Å². The van der Waals surface area contributed by atoms with Crippen LogP contribution in [0, 0.1) is 16.2 Å². The highest BCUT2D eigenvalue weighted by Crippen LogP contribution is 2.96. The van der Waals surface area contributed by atoms with Gasteiger partial charge >= 0.3 is 0 Å². The predicted octanol–water partition coefficient (Wildman–Crippen LogP) is 5.52. The average molecular weight is 305 g/mol. The molecule has 3 aliphatic rings. The van der Waals surface area contributed by atoms with Crippen LogP contribution in [0.4, 0.5) is 0 Å². The molecule has 0 saturated heterocycles. The largest absolute Gasteiger partial charge is 0.0585 e. The van der Waals surface area contributed by atoms with Gasteiger partial charge in [-0.05, 0) is 59.1 Å². The summed E-state index contributed by atoms with van der Waals surface area (Å²) in [6, 6.07) is 9.08. The molecular formula is C17H21Br. The summed E-state index contributed by atoms with van der Waals surface area (Å²) in [5.41, 5.74) is 3.54. The van der Waals surface area contributed by atoms with Gasteiger partial charge in [0.05, 0.1) is 0 Å². The molecule has 1 aromatic carbocycles. The van der Waals surface area contributed by atoms with E-state index >= 15 is 0 Å². The molecule has 0 aliphatic heterocycles. The second-order valence-electron chi connectivity index (χ2n) is 7.13. The van der Waals surface area contributed by atoms with Gasteiger partial charge in [-0.15, -0.1) is 0 Å². The first-order chi connectivity index (χ1) is 8.55. The molecule has 1 spiro atoms. The van der Waals surface area contributed by atoms with Gasteiger partial charge in [0.1, 0.15) is 0 Å². The standard InChI is InChI=1S/C17H21Br/c1-15-11-14(12-5-7-13(18)8-6-12)16(15,2)17(15)9-3-4-10-17/h5-8,14H,3-4,9-11H2,1-2H3. The quantitative estimate of drug-likeness (QED) is 0.640. The molecule has 0 amide bonds. The molecule has 0 radical (unpaired) electrons. The highest BCUT2D eigenvalue weighted by atomic mass is 79.9. The summed E-state index contributed by atoms with van der Waals surface area (Å²) >= 11 is 3.54. The maximum absolute atomic E-state index is 3.54. The Morgan fingerprint density at radius 3 is 2.28 bits per heavy atom. The first kappa shape index (κ1) is 11.5. The van der Waals surface area contributed by atoms with Crippen molar-refractivity contribution < 1.29 is 0 Å². The molecule has 1 aromatic rings. The van der Waals surface area contributed by atoms with Crippen molar-refractivity contribution >= 4 is 15.9 Å². The van der Waals surface area contributed by atoms with Gasteiger partial charge in [-0.25, -0.2) is 0 Å². The third-order valence-corrected chi connectivity index (χ3v) is 7.70. The lowest BCUT2D eigenvalue weighted by Gasteiger charge is -2.40. The van der Waals surface area contributed by atoms with E-state index in [2.05, 4.69) is 54.0 Å². The number of hydrogen-bond acceptors (Lipinski definition) is 0. The Morgan fingerprint density at radius 2 is 1.67 bits per heavy atom. The Balaban J connectivity index is 1.70. The Kier molecular flexibility index (Phi) is 2.07. The van der Waals surface area contributed by atoms with Crippen molar-refractivity contribution in [2.75, 3.05) is 0 Å². The van der Waals surface area contributed by atoms with Gasteiger partial charge in [-0.3, -0.25) is 0 Å². The maximum atomic E-state index is 3.54. The SMILES string of the molecule is CC12CC(c3ccc(Br)cc3)C1(C)C21CCCC1. The smallest absolute Gasteiger partial charge is 0.0175 e. The minimum Gasteiger partial charge on any atom is -0.0585 e. The number of hydrogen-bond donors (Lipinski definition) is 0. The van der Waals surface area contributed by atoms with Crippen LogP contribution in [0.5, 0.6) is 0 Å². The van der Waals surface area contributed by atoms with E-state index in [0.717, 1.165) is 5.92 Å². The van der Waals surface area contributed by atoms with E-state index < -0.39 is 0 Å². The first-order valence-corrected chi connectivity index (χ1v) is 8.10. The Hall–Kier alpha value is -0.300. The van der Waals surface area contributed by atoms with Gasteiger partial charge in [0, 0.05) is 4.47 Å². The van der Waals surface area contributed by atoms with Crippen molar-refractivity contribution in [2.24, 2.45) is 16.2 Å². The summed E-state index contributed by atoms with van der Waals surface area (Å²) in [5, 5.41) is 0. The monoisotopic (exact) mass is 304 g/mol. The van der Waals surface area contributed by atoms with Gasteiger partial charge in [0.2, 0.25) is 0 Å². The molecule has 3 atom stereocenters. The summed E-state index contributed by atoms with van der Waals surface area (Å²) < 4.78 is 1.20. The van der Waals surface area contributed by atoms with E-state index in [4.69, 9.17) is 0 Å². The van der Waals surface area contributed by atoms with Crippen LogP contribution in [-0.4, -0.2) is 0 Å². The summed E-state index contributed by atoms with van der Waals surface area (Å²) in [7, 11) is 0. The molecule has 0 N–H and O–H groups in total. The van der Waals surface area contributed by atoms with Gasteiger partial charge < -0.3 is 0 Å². The molecule has 1 heteroatoms. The van der Waals surface area contributed by atoms with E-state index in [1.807, 2.05) is 0 Å². The highest BCUT2D eigenvalue weighted by molar-refractivity contribution is 9.10. The molecule has 96 valence electrons. The van der Waals surface area contributed by atoms with Crippen molar-refractivity contribution in [2.45, 2.75) is 51.9 Å². The molecule has 3 fully saturated rings. The van der Waals surface area contributed by atoms with Crippen LogP contribution in [0.3, 0.4) is 0 Å². The molecular weight excluding hydrogens is 284 g/mol. The van der Waals surface area contributed by atoms with Crippen molar-refractivity contribution in [3.05, 3.63) is 34.3 Å². The van der Waals surface area contributed by atoms with Crippen molar-refractivity contribution in [1.29, 1.82) is 0 Å². The van der Waals surface area contributed by atoms with Crippen LogP contribution < -0.4 is 0 Å². The van der Waals surface area contributed by atoms with Gasteiger partial charge in [-0.2, -0.15) is 0 Å². The minimum atomic E-state index is 0.602. The molecule has 0 bridgehead atoms. The summed E-state index contributed by atoms with van der Waals surface area (Å²) in [5.74, 6) is 0.814. The van der Waals surface area contributed by atoms with Crippen LogP contribution in [0.1, 0.15) is 57.4 Å². The maximum Gasteiger partial charge on any atom is 0.0175 e. The van der Waals surface area contributed by atoms with Gasteiger partial charge in [-0.1, -0.05) is 54.8 Å². The van der Waals surface area contributed by atoms with Crippen LogP contribution in [0.15, 0.2) is 28.7 Å². The lowest BCUT2D eigenvalue weighted by Crippen LogP contribution is -2.30. The fraction of sp³-hybridized carbons (Fsp3) is 0.647. The van der Waals surface area contributed by atoms with Crippen LogP contribution in [-0.2, 0) is 0 Å². The lowest BCUT2D eigenvalue weighted by molar-refractivity contribution is 0.169. The molecule has 0 nitrogen and oxygen atoms in total. The van der Waals surface area contributed by atoms with E-state index in [1.165, 1.54) is 36.6 Å². The third kappa shape index (κ3) is 0.985. The molecule has 3 unspecified atom stereocenters. The average Bonchev–Trinajstić information content (AvgIpc) is 2.78. The zero-order chi connectivity index (χ0) is 12.6. The Bertz CT molecular complexity index is 497. The number of fused-ring (bicyclic) bond motifs is 3. The van der Waals surface area contributed by atoms with E-state index in [-0.39, 0.29) is 0 Å². The second-order valence-corrected chi connectivity index (χ2v) is 8.05. The summed E-state index contributed by atoms with van der Waals surface area (Å²) in [6.07, 6.45) is 7.35. The third-order valence-electron chi connectivity index (χ3n) is 7.17. The highest BCUT2D eigenvalue weighted by Gasteiger charge is 2.89. The van der Waals surface area contributed by atoms with E-state index in [0.29, 0.717) is 16.2 Å². The zero-order valence-electron chi connectivity index (χ0n) is 11.3. The van der Waals surface area contributed by atoms with E-state index in [9.17, 15) is 0 Å². The number of rotatable bonds is 1. The fourth-order valence-corrected chi connectivity index (χ4v) is 6.28. The zero-order valence-corrected chi connectivity index (χ0v) is 12.9. The van der Waals surface area contributed by atoms with Crippen LogP contribution in [0.2, 0.25) is 0 Å². The second kappa shape index (κ2) is 3.23. The minimum absolute atomic E-state index is 0.602.